The molecule has 0 rings (SSSR count). The third-order valence-electron chi connectivity index (χ3n) is 1.11. The van der Waals surface area contributed by atoms with Crippen LogP contribution >= 0.6 is 0 Å². The molecule has 1 unspecified atom stereocenters. The molecule has 0 amide bonds. The van der Waals surface area contributed by atoms with E-state index >= 15 is 0 Å². The molecule has 0 aliphatic rings. The maximum atomic E-state index is 10.3. The van der Waals surface area contributed by atoms with E-state index < -0.39 is 23.8 Å². The first-order valence-electron chi connectivity index (χ1n) is 2.84. The Bertz CT molecular complexity index is 193. The number of Topliss-reactive ketones (excluding diaryl/α,β-unsaturated/α-hetero) is 1. The van der Waals surface area contributed by atoms with Gasteiger partial charge in [-0.1, -0.05) is 0 Å². The fraction of sp³-hybridized carbons (Fsp3) is 0.500. The van der Waals surface area contributed by atoms with Crippen LogP contribution in [0, 0.1) is 0 Å². The molecule has 1 atom stereocenters. The van der Waals surface area contributed by atoms with Crippen molar-refractivity contribution >= 4 is 18.0 Å². The number of aldehydes is 1. The molecule has 5 nitrogen and oxygen atoms in total. The zero-order chi connectivity index (χ0) is 9.07. The zero-order valence-electron chi connectivity index (χ0n) is 5.90. The molecule has 0 aromatic rings. The van der Waals surface area contributed by atoms with Crippen molar-refractivity contribution in [2.45, 2.75) is 18.9 Å². The van der Waals surface area contributed by atoms with Gasteiger partial charge in [0.25, 0.3) is 0 Å². The number of rotatable bonds is 4. The summed E-state index contributed by atoms with van der Waals surface area (Å²) in [7, 11) is 0. The average Bonchev–Trinajstić information content (AvgIpc) is 1.86. The minimum atomic E-state index is -2.14. The number of carbonyl (C=O) groups excluding carboxylic acids is 2. The molecule has 0 aliphatic carbocycles. The van der Waals surface area contributed by atoms with E-state index in [1.165, 1.54) is 0 Å². The van der Waals surface area contributed by atoms with E-state index in [0.717, 1.165) is 6.92 Å². The van der Waals surface area contributed by atoms with E-state index in [4.69, 9.17) is 10.2 Å². The Hall–Kier alpha value is -1.23. The second-order valence-corrected chi connectivity index (χ2v) is 2.34. The molecule has 0 saturated carbocycles. The number of aliphatic hydroxyl groups is 1. The molecular weight excluding hydrogens is 152 g/mol. The summed E-state index contributed by atoms with van der Waals surface area (Å²) in [6.45, 7) is 0.955. The first-order chi connectivity index (χ1) is 4.90. The quantitative estimate of drug-likeness (QED) is 0.405. The maximum Gasteiger partial charge on any atom is 0.335 e. The van der Waals surface area contributed by atoms with Crippen LogP contribution in [0.3, 0.4) is 0 Å². The number of hydrogen-bond acceptors (Lipinski definition) is 4. The van der Waals surface area contributed by atoms with Crippen LogP contribution in [-0.2, 0) is 14.4 Å². The summed E-state index contributed by atoms with van der Waals surface area (Å²) >= 11 is 0. The van der Waals surface area contributed by atoms with Gasteiger partial charge in [0.1, 0.15) is 0 Å². The molecule has 5 heteroatoms. The third kappa shape index (κ3) is 2.90. The molecule has 0 fully saturated rings. The maximum absolute atomic E-state index is 10.3. The second kappa shape index (κ2) is 3.25. The Morgan fingerprint density at radius 3 is 2.27 bits per heavy atom. The van der Waals surface area contributed by atoms with Crippen LogP contribution in [0.15, 0.2) is 0 Å². The number of ketones is 1. The fourth-order valence-corrected chi connectivity index (χ4v) is 0.457. The van der Waals surface area contributed by atoms with E-state index in [0.29, 0.717) is 0 Å². The Morgan fingerprint density at radius 1 is 1.55 bits per heavy atom. The lowest BCUT2D eigenvalue weighted by atomic mass is 10.0. The van der Waals surface area contributed by atoms with E-state index in [9.17, 15) is 14.4 Å². The Morgan fingerprint density at radius 2 is 2.00 bits per heavy atom. The highest BCUT2D eigenvalue weighted by Crippen LogP contribution is 2.08. The van der Waals surface area contributed by atoms with Gasteiger partial charge in [-0.05, 0) is 6.92 Å². The average molecular weight is 160 g/mol. The van der Waals surface area contributed by atoms with Gasteiger partial charge in [-0.25, -0.2) is 4.79 Å². The second-order valence-electron chi connectivity index (χ2n) is 2.34. The molecule has 62 valence electrons. The summed E-state index contributed by atoms with van der Waals surface area (Å²) in [4.78, 5) is 30.2. The van der Waals surface area contributed by atoms with Crippen LogP contribution in [0.4, 0.5) is 0 Å². The van der Waals surface area contributed by atoms with Gasteiger partial charge in [0, 0.05) is 0 Å². The van der Waals surface area contributed by atoms with E-state index in [-0.39, 0.29) is 6.29 Å². The van der Waals surface area contributed by atoms with Crippen molar-refractivity contribution in [1.82, 2.24) is 0 Å². The van der Waals surface area contributed by atoms with E-state index in [1.807, 2.05) is 0 Å². The summed E-state index contributed by atoms with van der Waals surface area (Å²) in [6, 6.07) is 0. The smallest absolute Gasteiger partial charge is 0.335 e. The van der Waals surface area contributed by atoms with E-state index in [2.05, 4.69) is 0 Å². The molecule has 0 aliphatic heterocycles. The van der Waals surface area contributed by atoms with Gasteiger partial charge in [0.2, 0.25) is 0 Å². The highest BCUT2D eigenvalue weighted by Gasteiger charge is 2.32. The normalized spacial score (nSPS) is 15.1. The number of carboxylic acids is 1. The standard InChI is InChI=1S/C6H8O5/c1-6(11,5(9)10)2-4(8)3-7/h3,11H,2H2,1H3,(H,9,10). The number of hydrogen-bond donors (Lipinski definition) is 2. The van der Waals surface area contributed by atoms with Gasteiger partial charge in [0.15, 0.2) is 17.7 Å². The lowest BCUT2D eigenvalue weighted by Crippen LogP contribution is -2.37. The van der Waals surface area contributed by atoms with Gasteiger partial charge in [0.05, 0.1) is 6.42 Å². The summed E-state index contributed by atoms with van der Waals surface area (Å²) in [5, 5.41) is 17.2. The van der Waals surface area contributed by atoms with Gasteiger partial charge in [-0.3, -0.25) is 9.59 Å². The molecule has 0 radical (unpaired) electrons. The van der Waals surface area contributed by atoms with Crippen molar-refractivity contribution in [1.29, 1.82) is 0 Å². The van der Waals surface area contributed by atoms with Crippen LogP contribution in [-0.4, -0.2) is 33.9 Å². The lowest BCUT2D eigenvalue weighted by Gasteiger charge is -2.14. The molecule has 0 bridgehead atoms. The van der Waals surface area contributed by atoms with Crippen molar-refractivity contribution in [3.63, 3.8) is 0 Å². The largest absolute Gasteiger partial charge is 0.479 e. The van der Waals surface area contributed by atoms with Crippen LogP contribution in [0.5, 0.6) is 0 Å². The van der Waals surface area contributed by atoms with Crippen LogP contribution in [0.1, 0.15) is 13.3 Å². The Balaban J connectivity index is 4.23. The Labute approximate surface area is 62.6 Å². The van der Waals surface area contributed by atoms with Crippen LogP contribution in [0.2, 0.25) is 0 Å². The first kappa shape index (κ1) is 9.77. The number of carboxylic acid groups (broad SMARTS) is 1. The molecule has 0 spiro atoms. The molecule has 0 heterocycles. The van der Waals surface area contributed by atoms with Gasteiger partial charge < -0.3 is 10.2 Å². The van der Waals surface area contributed by atoms with Gasteiger partial charge >= 0.3 is 5.97 Å². The Kier molecular flexibility index (Phi) is 2.88. The lowest BCUT2D eigenvalue weighted by molar-refractivity contribution is -0.159. The minimum absolute atomic E-state index is 0.0165. The van der Waals surface area contributed by atoms with E-state index in [1.54, 1.807) is 0 Å². The van der Waals surface area contributed by atoms with Crippen molar-refractivity contribution in [3.8, 4) is 0 Å². The SMILES string of the molecule is CC(O)(CC(=O)C=O)C(=O)O. The molecule has 0 saturated heterocycles. The molecule has 2 N–H and O–H groups in total. The fourth-order valence-electron chi connectivity index (χ4n) is 0.457. The highest BCUT2D eigenvalue weighted by atomic mass is 16.4. The van der Waals surface area contributed by atoms with Crippen molar-refractivity contribution < 1.29 is 24.6 Å². The number of carbonyl (C=O) groups is 3. The summed E-state index contributed by atoms with van der Waals surface area (Å²) in [6.07, 6.45) is -0.705. The van der Waals surface area contributed by atoms with Crippen molar-refractivity contribution in [2.24, 2.45) is 0 Å². The zero-order valence-corrected chi connectivity index (χ0v) is 5.90. The van der Waals surface area contributed by atoms with Gasteiger partial charge in [-0.15, -0.1) is 0 Å². The molecule has 0 aromatic carbocycles. The van der Waals surface area contributed by atoms with Crippen molar-refractivity contribution in [3.05, 3.63) is 0 Å². The summed E-state index contributed by atoms with van der Waals surface area (Å²) in [5.41, 5.74) is -2.14. The molecule has 0 aromatic heterocycles. The predicted octanol–water partition coefficient (Wildman–Crippen LogP) is -1.02. The molecular formula is C6H8O5. The third-order valence-corrected chi connectivity index (χ3v) is 1.11. The summed E-state index contributed by atoms with van der Waals surface area (Å²) < 4.78 is 0. The monoisotopic (exact) mass is 160 g/mol. The van der Waals surface area contributed by atoms with Gasteiger partial charge in [-0.2, -0.15) is 0 Å². The first-order valence-corrected chi connectivity index (χ1v) is 2.84. The predicted molar refractivity (Wildman–Crippen MR) is 33.9 cm³/mol. The van der Waals surface area contributed by atoms with Crippen molar-refractivity contribution in [2.75, 3.05) is 0 Å². The number of aliphatic carboxylic acids is 1. The topological polar surface area (TPSA) is 91.7 Å². The van der Waals surface area contributed by atoms with Crippen LogP contribution in [0.25, 0.3) is 0 Å². The molecule has 11 heavy (non-hydrogen) atoms. The van der Waals surface area contributed by atoms with Crippen LogP contribution < -0.4 is 0 Å². The summed E-state index contributed by atoms with van der Waals surface area (Å²) in [5.74, 6) is -2.45. The highest BCUT2D eigenvalue weighted by molar-refractivity contribution is 6.25. The minimum Gasteiger partial charge on any atom is -0.479 e.